The molecule has 0 heterocycles. The molecule has 25 heavy (non-hydrogen) atoms. The normalized spacial score (nSPS) is 20.4. The van der Waals surface area contributed by atoms with Crippen LogP contribution in [0.2, 0.25) is 0 Å². The van der Waals surface area contributed by atoms with Gasteiger partial charge in [-0.05, 0) is 30.5 Å². The molecule has 0 radical (unpaired) electrons. The highest BCUT2D eigenvalue weighted by Crippen LogP contribution is 2.26. The van der Waals surface area contributed by atoms with Gasteiger partial charge in [-0.25, -0.2) is 0 Å². The fraction of sp³-hybridized carbons (Fsp3) is 0.600. The van der Waals surface area contributed by atoms with E-state index in [4.69, 9.17) is 0 Å². The van der Waals surface area contributed by atoms with Crippen LogP contribution >= 0.6 is 0 Å². The van der Waals surface area contributed by atoms with Gasteiger partial charge in [-0.15, -0.1) is 0 Å². The molecule has 0 bridgehead atoms. The van der Waals surface area contributed by atoms with Crippen LogP contribution in [0, 0.1) is 11.3 Å². The van der Waals surface area contributed by atoms with Crippen LogP contribution < -0.4 is 5.32 Å². The van der Waals surface area contributed by atoms with Gasteiger partial charge in [-0.2, -0.15) is 0 Å². The Hall–Kier alpha value is -1.88. The summed E-state index contributed by atoms with van der Waals surface area (Å²) < 4.78 is 0. The number of aliphatic hydroxyl groups excluding tert-OH is 1. The fourth-order valence-electron chi connectivity index (χ4n) is 3.10. The van der Waals surface area contributed by atoms with E-state index in [1.54, 1.807) is 24.1 Å². The van der Waals surface area contributed by atoms with E-state index in [0.29, 0.717) is 18.7 Å². The van der Waals surface area contributed by atoms with E-state index in [1.807, 2.05) is 32.9 Å². The standard InChI is InChI=1S/C20H30N2O3/c1-20(2,3)19(25)21-12-14-8-10-15(11-9-14)18(24)22(4)13-16-6-5-7-17(16)23/h8-11,16-17,23H,5-7,12-13H2,1-4H3,(H,21,25). The quantitative estimate of drug-likeness (QED) is 0.861. The molecule has 2 unspecified atom stereocenters. The summed E-state index contributed by atoms with van der Waals surface area (Å²) in [5.74, 6) is 0.146. The highest BCUT2D eigenvalue weighted by molar-refractivity contribution is 5.94. The molecule has 0 saturated heterocycles. The van der Waals surface area contributed by atoms with Crippen molar-refractivity contribution in [2.24, 2.45) is 11.3 Å². The van der Waals surface area contributed by atoms with Gasteiger partial charge in [0, 0.05) is 37.0 Å². The molecule has 0 spiro atoms. The van der Waals surface area contributed by atoms with E-state index in [1.165, 1.54) is 0 Å². The molecule has 5 nitrogen and oxygen atoms in total. The Morgan fingerprint density at radius 1 is 1.20 bits per heavy atom. The molecule has 2 amide bonds. The molecule has 1 saturated carbocycles. The van der Waals surface area contributed by atoms with Crippen molar-refractivity contribution in [3.05, 3.63) is 35.4 Å². The second-order valence-electron chi connectivity index (χ2n) is 8.07. The Morgan fingerprint density at radius 3 is 2.36 bits per heavy atom. The molecule has 2 rings (SSSR count). The van der Waals surface area contributed by atoms with E-state index >= 15 is 0 Å². The monoisotopic (exact) mass is 346 g/mol. The van der Waals surface area contributed by atoms with Crippen molar-refractivity contribution < 1.29 is 14.7 Å². The number of aliphatic hydroxyl groups is 1. The third-order valence-corrected chi connectivity index (χ3v) is 4.81. The van der Waals surface area contributed by atoms with Crippen molar-refractivity contribution in [2.75, 3.05) is 13.6 Å². The number of carbonyl (C=O) groups is 2. The van der Waals surface area contributed by atoms with Gasteiger partial charge in [0.05, 0.1) is 6.10 Å². The van der Waals surface area contributed by atoms with Crippen molar-refractivity contribution in [1.82, 2.24) is 10.2 Å². The number of amides is 2. The molecule has 1 aromatic carbocycles. The zero-order chi connectivity index (χ0) is 18.6. The summed E-state index contributed by atoms with van der Waals surface area (Å²) in [5, 5.41) is 12.8. The van der Waals surface area contributed by atoms with Gasteiger partial charge in [-0.1, -0.05) is 39.3 Å². The highest BCUT2D eigenvalue weighted by atomic mass is 16.3. The average molecular weight is 346 g/mol. The maximum Gasteiger partial charge on any atom is 0.253 e. The molecular weight excluding hydrogens is 316 g/mol. The molecule has 2 atom stereocenters. The van der Waals surface area contributed by atoms with E-state index in [-0.39, 0.29) is 23.8 Å². The topological polar surface area (TPSA) is 69.6 Å². The molecule has 0 aromatic heterocycles. The third-order valence-electron chi connectivity index (χ3n) is 4.81. The van der Waals surface area contributed by atoms with Crippen LogP contribution in [0.15, 0.2) is 24.3 Å². The number of nitrogens with one attached hydrogen (secondary N) is 1. The first-order valence-electron chi connectivity index (χ1n) is 8.99. The van der Waals surface area contributed by atoms with Crippen LogP contribution in [-0.2, 0) is 11.3 Å². The van der Waals surface area contributed by atoms with Crippen molar-refractivity contribution in [1.29, 1.82) is 0 Å². The number of hydrogen-bond donors (Lipinski definition) is 2. The fourth-order valence-corrected chi connectivity index (χ4v) is 3.10. The molecular formula is C20H30N2O3. The summed E-state index contributed by atoms with van der Waals surface area (Å²) in [5.41, 5.74) is 1.17. The van der Waals surface area contributed by atoms with Gasteiger partial charge < -0.3 is 15.3 Å². The zero-order valence-corrected chi connectivity index (χ0v) is 15.7. The van der Waals surface area contributed by atoms with Gasteiger partial charge in [0.2, 0.25) is 5.91 Å². The van der Waals surface area contributed by atoms with E-state index in [9.17, 15) is 14.7 Å². The van der Waals surface area contributed by atoms with Gasteiger partial charge >= 0.3 is 0 Å². The number of rotatable bonds is 5. The number of nitrogens with zero attached hydrogens (tertiary/aromatic N) is 1. The Labute approximate surface area is 150 Å². The van der Waals surface area contributed by atoms with Crippen molar-refractivity contribution in [2.45, 2.75) is 52.7 Å². The van der Waals surface area contributed by atoms with Gasteiger partial charge in [0.1, 0.15) is 0 Å². The molecule has 5 heteroatoms. The minimum atomic E-state index is -0.413. The summed E-state index contributed by atoms with van der Waals surface area (Å²) >= 11 is 0. The second-order valence-corrected chi connectivity index (χ2v) is 8.07. The first-order chi connectivity index (χ1) is 11.7. The minimum absolute atomic E-state index is 0.00232. The van der Waals surface area contributed by atoms with Crippen molar-refractivity contribution in [3.63, 3.8) is 0 Å². The Bertz CT molecular complexity index is 604. The predicted molar refractivity (Wildman–Crippen MR) is 98.1 cm³/mol. The summed E-state index contributed by atoms with van der Waals surface area (Å²) in [6, 6.07) is 7.33. The first kappa shape index (κ1) is 19.4. The summed E-state index contributed by atoms with van der Waals surface area (Å²) in [4.78, 5) is 26.1. The van der Waals surface area contributed by atoms with Gasteiger partial charge in [0.25, 0.3) is 5.91 Å². The Balaban J connectivity index is 1.90. The van der Waals surface area contributed by atoms with E-state index in [0.717, 1.165) is 24.8 Å². The van der Waals surface area contributed by atoms with Crippen LogP contribution in [0.3, 0.4) is 0 Å². The lowest BCUT2D eigenvalue weighted by molar-refractivity contribution is -0.128. The maximum atomic E-state index is 12.5. The van der Waals surface area contributed by atoms with Crippen LogP contribution in [0.1, 0.15) is 56.0 Å². The molecule has 1 fully saturated rings. The lowest BCUT2D eigenvalue weighted by atomic mass is 9.95. The van der Waals surface area contributed by atoms with E-state index < -0.39 is 5.41 Å². The summed E-state index contributed by atoms with van der Waals surface area (Å²) in [6.45, 7) is 6.67. The van der Waals surface area contributed by atoms with Crippen molar-refractivity contribution >= 4 is 11.8 Å². The Kier molecular flexibility index (Phi) is 6.22. The molecule has 1 aromatic rings. The van der Waals surface area contributed by atoms with Gasteiger partial charge in [0.15, 0.2) is 0 Å². The predicted octanol–water partition coefficient (Wildman–Crippen LogP) is 2.58. The van der Waals surface area contributed by atoms with Crippen molar-refractivity contribution in [3.8, 4) is 0 Å². The SMILES string of the molecule is CN(CC1CCCC1O)C(=O)c1ccc(CNC(=O)C(C)(C)C)cc1. The second kappa shape index (κ2) is 8.00. The average Bonchev–Trinajstić information content (AvgIpc) is 2.96. The van der Waals surface area contributed by atoms with Crippen LogP contribution in [0.25, 0.3) is 0 Å². The number of hydrogen-bond acceptors (Lipinski definition) is 3. The Morgan fingerprint density at radius 2 is 1.84 bits per heavy atom. The molecule has 2 N–H and O–H groups in total. The molecule has 138 valence electrons. The third kappa shape index (κ3) is 5.30. The van der Waals surface area contributed by atoms with E-state index in [2.05, 4.69) is 5.32 Å². The summed E-state index contributed by atoms with van der Waals surface area (Å²) in [7, 11) is 1.78. The molecule has 0 aliphatic heterocycles. The maximum absolute atomic E-state index is 12.5. The highest BCUT2D eigenvalue weighted by Gasteiger charge is 2.27. The smallest absolute Gasteiger partial charge is 0.253 e. The van der Waals surface area contributed by atoms with Crippen LogP contribution in [0.4, 0.5) is 0 Å². The zero-order valence-electron chi connectivity index (χ0n) is 15.7. The number of benzene rings is 1. The summed E-state index contributed by atoms with van der Waals surface area (Å²) in [6.07, 6.45) is 2.56. The first-order valence-corrected chi connectivity index (χ1v) is 8.99. The molecule has 1 aliphatic rings. The van der Waals surface area contributed by atoms with Crippen LogP contribution in [0.5, 0.6) is 0 Å². The largest absolute Gasteiger partial charge is 0.393 e. The van der Waals surface area contributed by atoms with Gasteiger partial charge in [-0.3, -0.25) is 9.59 Å². The molecule has 1 aliphatic carbocycles. The lowest BCUT2D eigenvalue weighted by Gasteiger charge is -2.23. The minimum Gasteiger partial charge on any atom is -0.393 e. The van der Waals surface area contributed by atoms with Crippen LogP contribution in [-0.4, -0.2) is 41.5 Å². The lowest BCUT2D eigenvalue weighted by Crippen LogP contribution is -2.35. The number of carbonyl (C=O) groups excluding carboxylic acids is 2.